The number of aliphatic hydroxyl groups is 2. The van der Waals surface area contributed by atoms with Crippen LogP contribution in [0.1, 0.15) is 64.2 Å². The fourth-order valence-electron chi connectivity index (χ4n) is 2.43. The van der Waals surface area contributed by atoms with Gasteiger partial charge in [-0.1, -0.05) is 44.6 Å². The Balaban J connectivity index is 3.47. The Bertz CT molecular complexity index is 181. The Morgan fingerprint density at radius 2 is 1.05 bits per heavy atom. The van der Waals surface area contributed by atoms with Crippen molar-refractivity contribution in [2.24, 2.45) is 0 Å². The molecule has 0 aromatic heterocycles. The van der Waals surface area contributed by atoms with Crippen LogP contribution in [0.3, 0.4) is 0 Å². The summed E-state index contributed by atoms with van der Waals surface area (Å²) in [4.78, 5) is 2.49. The largest absolute Gasteiger partial charge is 0.396 e. The monoisotopic (exact) mass is 285 g/mol. The zero-order chi connectivity index (χ0) is 14.9. The van der Waals surface area contributed by atoms with E-state index in [1.54, 1.807) is 0 Å². The highest BCUT2D eigenvalue weighted by atomic mass is 16.3. The van der Waals surface area contributed by atoms with Gasteiger partial charge in [0, 0.05) is 19.8 Å². The molecule has 0 spiro atoms. The van der Waals surface area contributed by atoms with Crippen molar-refractivity contribution in [3.8, 4) is 0 Å². The molecule has 0 aliphatic rings. The zero-order valence-corrected chi connectivity index (χ0v) is 13.2. The summed E-state index contributed by atoms with van der Waals surface area (Å²) >= 11 is 0. The molecule has 0 aromatic rings. The van der Waals surface area contributed by atoms with E-state index < -0.39 is 0 Å². The zero-order valence-electron chi connectivity index (χ0n) is 13.2. The molecule has 0 saturated heterocycles. The Labute approximate surface area is 125 Å². The van der Waals surface area contributed by atoms with Gasteiger partial charge >= 0.3 is 0 Å². The van der Waals surface area contributed by atoms with Crippen LogP contribution >= 0.6 is 0 Å². The number of hydrogen-bond donors (Lipinski definition) is 2. The molecule has 2 N–H and O–H groups in total. The molecule has 0 aliphatic heterocycles. The Kier molecular flexibility index (Phi) is 16.4. The first kappa shape index (κ1) is 19.6. The first-order chi connectivity index (χ1) is 9.85. The topological polar surface area (TPSA) is 43.7 Å². The maximum atomic E-state index is 8.72. The lowest BCUT2D eigenvalue weighted by Crippen LogP contribution is -2.26. The summed E-state index contributed by atoms with van der Waals surface area (Å²) in [7, 11) is 0. The number of rotatable bonds is 16. The molecule has 0 radical (unpaired) electrons. The van der Waals surface area contributed by atoms with Gasteiger partial charge in [0.15, 0.2) is 0 Å². The van der Waals surface area contributed by atoms with Crippen molar-refractivity contribution in [1.82, 2.24) is 4.90 Å². The van der Waals surface area contributed by atoms with Crippen molar-refractivity contribution < 1.29 is 10.2 Å². The van der Waals surface area contributed by atoms with Gasteiger partial charge in [0.1, 0.15) is 0 Å². The summed E-state index contributed by atoms with van der Waals surface area (Å²) < 4.78 is 0. The van der Waals surface area contributed by atoms with Crippen LogP contribution in [-0.4, -0.2) is 48.0 Å². The Hall–Kier alpha value is -0.380. The van der Waals surface area contributed by atoms with Gasteiger partial charge in [-0.05, 0) is 38.8 Å². The predicted molar refractivity (Wildman–Crippen MR) is 87.0 cm³/mol. The number of hydrogen-bond acceptors (Lipinski definition) is 3. The minimum absolute atomic E-state index is 0.332. The molecule has 0 fully saturated rings. The first-order valence-corrected chi connectivity index (χ1v) is 8.40. The van der Waals surface area contributed by atoms with Gasteiger partial charge in [-0.25, -0.2) is 0 Å². The van der Waals surface area contributed by atoms with Crippen molar-refractivity contribution >= 4 is 0 Å². The van der Waals surface area contributed by atoms with E-state index in [1.165, 1.54) is 51.6 Å². The molecular formula is C17H35NO2. The second-order valence-corrected chi connectivity index (χ2v) is 5.57. The lowest BCUT2D eigenvalue weighted by atomic mass is 10.1. The molecule has 0 aromatic carbocycles. The Morgan fingerprint density at radius 1 is 0.650 bits per heavy atom. The van der Waals surface area contributed by atoms with Crippen LogP contribution in [0.2, 0.25) is 0 Å². The van der Waals surface area contributed by atoms with E-state index in [1.807, 2.05) is 6.08 Å². The highest BCUT2D eigenvalue weighted by Crippen LogP contribution is 2.07. The molecule has 120 valence electrons. The molecular weight excluding hydrogens is 250 g/mol. The molecule has 0 heterocycles. The molecule has 0 atom stereocenters. The maximum Gasteiger partial charge on any atom is 0.0431 e. The lowest BCUT2D eigenvalue weighted by Gasteiger charge is -2.20. The van der Waals surface area contributed by atoms with Gasteiger partial charge in [-0.2, -0.15) is 0 Å². The number of unbranched alkanes of at least 4 members (excludes halogenated alkanes) is 8. The molecule has 0 unspecified atom stereocenters. The minimum Gasteiger partial charge on any atom is -0.396 e. The van der Waals surface area contributed by atoms with Crippen molar-refractivity contribution in [2.45, 2.75) is 64.2 Å². The van der Waals surface area contributed by atoms with E-state index in [4.69, 9.17) is 10.2 Å². The lowest BCUT2D eigenvalue weighted by molar-refractivity contribution is 0.271. The van der Waals surface area contributed by atoms with Gasteiger partial charge in [-0.15, -0.1) is 6.58 Å². The second-order valence-electron chi connectivity index (χ2n) is 5.57. The van der Waals surface area contributed by atoms with Crippen LogP contribution < -0.4 is 0 Å². The molecule has 3 heteroatoms. The van der Waals surface area contributed by atoms with Gasteiger partial charge in [0.05, 0.1) is 0 Å². The molecule has 0 amide bonds. The fourth-order valence-corrected chi connectivity index (χ4v) is 2.43. The molecule has 0 bridgehead atoms. The summed E-state index contributed by atoms with van der Waals surface area (Å²) in [6.45, 7) is 7.84. The van der Waals surface area contributed by atoms with Gasteiger partial charge in [0.25, 0.3) is 0 Å². The number of aliphatic hydroxyl groups excluding tert-OH is 2. The highest BCUT2D eigenvalue weighted by Gasteiger charge is 2.02. The van der Waals surface area contributed by atoms with E-state index in [9.17, 15) is 0 Å². The van der Waals surface area contributed by atoms with Crippen LogP contribution in [0.15, 0.2) is 12.7 Å². The molecule has 0 saturated carbocycles. The number of nitrogens with zero attached hydrogens (tertiary/aromatic N) is 1. The molecule has 20 heavy (non-hydrogen) atoms. The third kappa shape index (κ3) is 14.0. The van der Waals surface area contributed by atoms with Crippen LogP contribution in [0.4, 0.5) is 0 Å². The third-order valence-electron chi connectivity index (χ3n) is 3.65. The standard InChI is InChI=1S/C17H35NO2/c1-2-13-18(14-9-5-3-7-11-16-19)15-10-6-4-8-12-17-20/h2,19-20H,1,3-17H2. The summed E-state index contributed by atoms with van der Waals surface area (Å²) in [6.07, 6.45) is 13.7. The second kappa shape index (κ2) is 16.7. The summed E-state index contributed by atoms with van der Waals surface area (Å²) in [5.41, 5.74) is 0. The minimum atomic E-state index is 0.332. The average molecular weight is 285 g/mol. The van der Waals surface area contributed by atoms with E-state index in [0.717, 1.165) is 32.2 Å². The fraction of sp³-hybridized carbons (Fsp3) is 0.882. The van der Waals surface area contributed by atoms with Crippen molar-refractivity contribution in [3.63, 3.8) is 0 Å². The van der Waals surface area contributed by atoms with Crippen LogP contribution in [0.5, 0.6) is 0 Å². The third-order valence-corrected chi connectivity index (χ3v) is 3.65. The normalized spacial score (nSPS) is 11.2. The summed E-state index contributed by atoms with van der Waals surface area (Å²) in [5, 5.41) is 17.4. The van der Waals surface area contributed by atoms with E-state index in [0.29, 0.717) is 13.2 Å². The van der Waals surface area contributed by atoms with Crippen molar-refractivity contribution in [3.05, 3.63) is 12.7 Å². The first-order valence-electron chi connectivity index (χ1n) is 8.40. The van der Waals surface area contributed by atoms with Crippen molar-refractivity contribution in [1.29, 1.82) is 0 Å². The smallest absolute Gasteiger partial charge is 0.0431 e. The predicted octanol–water partition coefficient (Wildman–Crippen LogP) is 3.36. The van der Waals surface area contributed by atoms with Crippen LogP contribution in [0.25, 0.3) is 0 Å². The van der Waals surface area contributed by atoms with Crippen molar-refractivity contribution in [2.75, 3.05) is 32.8 Å². The maximum absolute atomic E-state index is 8.72. The van der Waals surface area contributed by atoms with Crippen LogP contribution in [0, 0.1) is 0 Å². The highest BCUT2D eigenvalue weighted by molar-refractivity contribution is 4.73. The van der Waals surface area contributed by atoms with E-state index >= 15 is 0 Å². The summed E-state index contributed by atoms with van der Waals surface area (Å²) in [5.74, 6) is 0. The molecule has 0 aliphatic carbocycles. The quantitative estimate of drug-likeness (QED) is 0.337. The molecule has 3 nitrogen and oxygen atoms in total. The van der Waals surface area contributed by atoms with Gasteiger partial charge in [-0.3, -0.25) is 4.90 Å². The average Bonchev–Trinajstić information content (AvgIpc) is 2.46. The van der Waals surface area contributed by atoms with E-state index in [-0.39, 0.29) is 0 Å². The van der Waals surface area contributed by atoms with E-state index in [2.05, 4.69) is 11.5 Å². The summed E-state index contributed by atoms with van der Waals surface area (Å²) in [6, 6.07) is 0. The van der Waals surface area contributed by atoms with Gasteiger partial charge < -0.3 is 10.2 Å². The van der Waals surface area contributed by atoms with Crippen LogP contribution in [-0.2, 0) is 0 Å². The Morgan fingerprint density at radius 3 is 1.45 bits per heavy atom. The SMILES string of the molecule is C=CCN(CCCCCCCO)CCCCCCCO. The molecule has 0 rings (SSSR count). The van der Waals surface area contributed by atoms with Gasteiger partial charge in [0.2, 0.25) is 0 Å².